The molecule has 88 valence electrons. The second-order valence-electron chi connectivity index (χ2n) is 4.78. The van der Waals surface area contributed by atoms with Crippen LogP contribution in [0.2, 0.25) is 0 Å². The molecule has 0 spiro atoms. The van der Waals surface area contributed by atoms with Gasteiger partial charge in [0, 0.05) is 16.1 Å². The van der Waals surface area contributed by atoms with Crippen molar-refractivity contribution in [2.24, 2.45) is 17.0 Å². The minimum Gasteiger partial charge on any atom is -0.150 e. The molecule has 0 N–H and O–H groups in total. The molecule has 0 heterocycles. The molecule has 0 aromatic heterocycles. The van der Waals surface area contributed by atoms with Crippen molar-refractivity contribution in [2.75, 3.05) is 0 Å². The fourth-order valence-corrected chi connectivity index (χ4v) is 4.29. The van der Waals surface area contributed by atoms with E-state index in [1.54, 1.807) is 0 Å². The van der Waals surface area contributed by atoms with Gasteiger partial charge < -0.3 is 0 Å². The maximum absolute atomic E-state index is 11.1. The number of nitroso groups, excluding NO2 is 1. The molecule has 1 aromatic carbocycles. The highest BCUT2D eigenvalue weighted by atomic mass is 32.2. The van der Waals surface area contributed by atoms with Gasteiger partial charge in [-0.25, -0.2) is 0 Å². The topological polar surface area (TPSA) is 29.4 Å². The summed E-state index contributed by atoms with van der Waals surface area (Å²) in [5.74, 6) is 0.895. The van der Waals surface area contributed by atoms with E-state index in [9.17, 15) is 4.91 Å². The van der Waals surface area contributed by atoms with Crippen molar-refractivity contribution in [1.29, 1.82) is 0 Å². The van der Waals surface area contributed by atoms with Crippen molar-refractivity contribution < 1.29 is 0 Å². The number of rotatable bonds is 3. The van der Waals surface area contributed by atoms with Gasteiger partial charge in [0.05, 0.1) is 0 Å². The SMILES string of the molecule is O=NC1C2C=CC(CC2)C1Sc1ccccc1. The molecule has 1 saturated carbocycles. The van der Waals surface area contributed by atoms with Crippen LogP contribution in [0.1, 0.15) is 12.8 Å². The first-order valence-corrected chi connectivity index (χ1v) is 6.99. The minimum atomic E-state index is -0.0380. The van der Waals surface area contributed by atoms with Crippen molar-refractivity contribution in [2.45, 2.75) is 29.0 Å². The lowest BCUT2D eigenvalue weighted by molar-refractivity contribution is 0.296. The van der Waals surface area contributed by atoms with Gasteiger partial charge in [0.2, 0.25) is 0 Å². The van der Waals surface area contributed by atoms with Crippen molar-refractivity contribution in [1.82, 2.24) is 0 Å². The Kier molecular flexibility index (Phi) is 3.02. The molecule has 0 amide bonds. The van der Waals surface area contributed by atoms with Crippen molar-refractivity contribution in [3.8, 4) is 0 Å². The van der Waals surface area contributed by atoms with Gasteiger partial charge in [-0.2, -0.15) is 4.91 Å². The summed E-state index contributed by atoms with van der Waals surface area (Å²) in [4.78, 5) is 12.3. The van der Waals surface area contributed by atoms with Crippen LogP contribution in [-0.4, -0.2) is 11.3 Å². The molecule has 17 heavy (non-hydrogen) atoms. The average molecular weight is 245 g/mol. The third kappa shape index (κ3) is 2.04. The van der Waals surface area contributed by atoms with E-state index in [4.69, 9.17) is 0 Å². The van der Waals surface area contributed by atoms with Crippen LogP contribution in [0.25, 0.3) is 0 Å². The van der Waals surface area contributed by atoms with E-state index in [1.807, 2.05) is 30.0 Å². The molecule has 4 rings (SSSR count). The Hall–Kier alpha value is -1.09. The lowest BCUT2D eigenvalue weighted by Crippen LogP contribution is -2.41. The maximum atomic E-state index is 11.1. The summed E-state index contributed by atoms with van der Waals surface area (Å²) in [5, 5.41) is 3.72. The summed E-state index contributed by atoms with van der Waals surface area (Å²) in [7, 11) is 0. The van der Waals surface area contributed by atoms with E-state index in [0.29, 0.717) is 17.1 Å². The maximum Gasteiger partial charge on any atom is 0.111 e. The molecule has 1 aromatic rings. The molecular weight excluding hydrogens is 230 g/mol. The average Bonchev–Trinajstić information content (AvgIpc) is 2.41. The fraction of sp³-hybridized carbons (Fsp3) is 0.429. The van der Waals surface area contributed by atoms with Crippen LogP contribution in [0, 0.1) is 16.7 Å². The summed E-state index contributed by atoms with van der Waals surface area (Å²) in [6.07, 6.45) is 6.82. The first-order chi connectivity index (χ1) is 8.38. The van der Waals surface area contributed by atoms with Gasteiger partial charge in [0.15, 0.2) is 0 Å². The molecule has 3 heteroatoms. The summed E-state index contributed by atoms with van der Waals surface area (Å²) < 4.78 is 0. The van der Waals surface area contributed by atoms with Gasteiger partial charge in [-0.1, -0.05) is 35.5 Å². The molecule has 3 aliphatic carbocycles. The fourth-order valence-electron chi connectivity index (χ4n) is 2.87. The molecule has 0 aliphatic heterocycles. The first-order valence-electron chi connectivity index (χ1n) is 6.11. The number of fused-ring (bicyclic) bond motifs is 2. The van der Waals surface area contributed by atoms with Crippen LogP contribution in [0.15, 0.2) is 52.6 Å². The van der Waals surface area contributed by atoms with Gasteiger partial charge in [0.1, 0.15) is 6.04 Å². The van der Waals surface area contributed by atoms with Crippen LogP contribution in [0.4, 0.5) is 0 Å². The van der Waals surface area contributed by atoms with Crippen LogP contribution in [0.3, 0.4) is 0 Å². The van der Waals surface area contributed by atoms with Gasteiger partial charge in [0.25, 0.3) is 0 Å². The van der Waals surface area contributed by atoms with Crippen LogP contribution < -0.4 is 0 Å². The standard InChI is InChI=1S/C14H15NOS/c16-15-13-10-6-8-11(9-7-10)14(13)17-12-4-2-1-3-5-12/h1-6,8,10-11,13-14H,7,9H2. The Morgan fingerprint density at radius 3 is 2.41 bits per heavy atom. The van der Waals surface area contributed by atoms with Crippen molar-refractivity contribution >= 4 is 11.8 Å². The summed E-state index contributed by atoms with van der Waals surface area (Å²) in [6, 6.07) is 10.3. The Labute approximate surface area is 105 Å². The molecule has 0 radical (unpaired) electrons. The van der Waals surface area contributed by atoms with Crippen LogP contribution >= 0.6 is 11.8 Å². The summed E-state index contributed by atoms with van der Waals surface area (Å²) in [6.45, 7) is 0. The smallest absolute Gasteiger partial charge is 0.111 e. The third-order valence-electron chi connectivity index (χ3n) is 3.77. The molecular formula is C14H15NOS. The van der Waals surface area contributed by atoms with Gasteiger partial charge in [-0.15, -0.1) is 11.8 Å². The molecule has 0 saturated heterocycles. The van der Waals surface area contributed by atoms with Crippen molar-refractivity contribution in [3.63, 3.8) is 0 Å². The van der Waals surface area contributed by atoms with Crippen LogP contribution in [0.5, 0.6) is 0 Å². The zero-order valence-corrected chi connectivity index (χ0v) is 10.3. The zero-order valence-electron chi connectivity index (χ0n) is 9.53. The highest BCUT2D eigenvalue weighted by molar-refractivity contribution is 8.00. The number of nitrogens with zero attached hydrogens (tertiary/aromatic N) is 1. The number of benzene rings is 1. The van der Waals surface area contributed by atoms with Crippen LogP contribution in [-0.2, 0) is 0 Å². The monoisotopic (exact) mass is 245 g/mol. The highest BCUT2D eigenvalue weighted by Gasteiger charge is 2.42. The van der Waals surface area contributed by atoms with E-state index in [-0.39, 0.29) is 6.04 Å². The third-order valence-corrected chi connectivity index (χ3v) is 5.22. The second kappa shape index (κ2) is 4.65. The zero-order chi connectivity index (χ0) is 11.7. The molecule has 2 bridgehead atoms. The Morgan fingerprint density at radius 1 is 1.06 bits per heavy atom. The highest BCUT2D eigenvalue weighted by Crippen LogP contribution is 2.45. The van der Waals surface area contributed by atoms with E-state index < -0.39 is 0 Å². The Balaban J connectivity index is 1.82. The Morgan fingerprint density at radius 2 is 1.76 bits per heavy atom. The largest absolute Gasteiger partial charge is 0.150 e. The second-order valence-corrected chi connectivity index (χ2v) is 6.03. The first kappa shape index (κ1) is 11.0. The summed E-state index contributed by atoms with van der Waals surface area (Å²) >= 11 is 1.82. The lowest BCUT2D eigenvalue weighted by atomic mass is 9.73. The number of allylic oxidation sites excluding steroid dienone is 1. The minimum absolute atomic E-state index is 0.0380. The van der Waals surface area contributed by atoms with Gasteiger partial charge in [-0.3, -0.25) is 0 Å². The molecule has 2 nitrogen and oxygen atoms in total. The summed E-state index contributed by atoms with van der Waals surface area (Å²) in [5.41, 5.74) is 0. The van der Waals surface area contributed by atoms with E-state index in [2.05, 4.69) is 29.5 Å². The molecule has 4 atom stereocenters. The van der Waals surface area contributed by atoms with Gasteiger partial charge in [-0.05, 0) is 30.9 Å². The molecule has 3 aliphatic rings. The molecule has 1 fully saturated rings. The number of hydrogen-bond donors (Lipinski definition) is 0. The number of thioether (sulfide) groups is 1. The number of hydrogen-bond acceptors (Lipinski definition) is 3. The Bertz CT molecular complexity index is 431. The van der Waals surface area contributed by atoms with E-state index >= 15 is 0 Å². The van der Waals surface area contributed by atoms with E-state index in [1.165, 1.54) is 11.3 Å². The lowest BCUT2D eigenvalue weighted by Gasteiger charge is -2.41. The predicted molar refractivity (Wildman–Crippen MR) is 71.0 cm³/mol. The molecule has 4 unspecified atom stereocenters. The quantitative estimate of drug-likeness (QED) is 0.597. The van der Waals surface area contributed by atoms with Gasteiger partial charge >= 0.3 is 0 Å². The normalized spacial score (nSPS) is 34.8. The van der Waals surface area contributed by atoms with E-state index in [0.717, 1.165) is 6.42 Å². The van der Waals surface area contributed by atoms with Crippen molar-refractivity contribution in [3.05, 3.63) is 47.4 Å². The predicted octanol–water partition coefficient (Wildman–Crippen LogP) is 3.88.